The summed E-state index contributed by atoms with van der Waals surface area (Å²) in [5.41, 5.74) is 1.20. The van der Waals surface area contributed by atoms with Gasteiger partial charge < -0.3 is 9.47 Å². The van der Waals surface area contributed by atoms with E-state index in [0.717, 1.165) is 12.2 Å². The molecule has 3 heteroatoms. The molecule has 26 heavy (non-hydrogen) atoms. The molecule has 0 atom stereocenters. The number of ether oxygens (including phenoxy) is 2. The van der Waals surface area contributed by atoms with Crippen molar-refractivity contribution < 1.29 is 14.3 Å². The van der Waals surface area contributed by atoms with Crippen molar-refractivity contribution in [3.8, 4) is 5.75 Å². The van der Waals surface area contributed by atoms with Crippen molar-refractivity contribution in [1.29, 1.82) is 0 Å². The average Bonchev–Trinajstić information content (AvgIpc) is 2.65. The molecular weight excluding hydrogens is 324 g/mol. The number of allylic oxidation sites excluding steroid dienone is 1. The zero-order chi connectivity index (χ0) is 18.9. The average molecular weight is 361 g/mol. The third-order valence-corrected chi connectivity index (χ3v) is 4.26. The summed E-state index contributed by atoms with van der Waals surface area (Å²) in [4.78, 5) is 11.2. The highest BCUT2D eigenvalue weighted by Crippen LogP contribution is 2.15. The van der Waals surface area contributed by atoms with Crippen LogP contribution in [0, 0.1) is 0 Å². The summed E-state index contributed by atoms with van der Waals surface area (Å²) in [6.07, 6.45) is 16.2. The van der Waals surface area contributed by atoms with Crippen molar-refractivity contribution in [2.24, 2.45) is 0 Å². The van der Waals surface area contributed by atoms with E-state index in [1.54, 1.807) is 0 Å². The molecule has 0 saturated heterocycles. The van der Waals surface area contributed by atoms with Crippen molar-refractivity contribution in [3.05, 3.63) is 35.9 Å². The van der Waals surface area contributed by atoms with E-state index >= 15 is 0 Å². The Morgan fingerprint density at radius 3 is 2.31 bits per heavy atom. The SMILES string of the molecule is CCCCCCCCCC=Cc1ccc(OCCCC(=O)OCC)cc1. The van der Waals surface area contributed by atoms with Gasteiger partial charge >= 0.3 is 5.97 Å². The van der Waals surface area contributed by atoms with Crippen molar-refractivity contribution in [1.82, 2.24) is 0 Å². The number of carbonyl (C=O) groups is 1. The predicted molar refractivity (Wildman–Crippen MR) is 109 cm³/mol. The molecule has 0 aliphatic carbocycles. The quantitative estimate of drug-likeness (QED) is 0.262. The van der Waals surface area contributed by atoms with Crippen LogP contribution in [0.4, 0.5) is 0 Å². The lowest BCUT2D eigenvalue weighted by Gasteiger charge is -2.06. The molecule has 0 saturated carbocycles. The molecule has 0 aliphatic heterocycles. The molecule has 1 rings (SSSR count). The van der Waals surface area contributed by atoms with Gasteiger partial charge in [0.05, 0.1) is 13.2 Å². The van der Waals surface area contributed by atoms with E-state index in [-0.39, 0.29) is 5.97 Å². The first kappa shape index (κ1) is 22.3. The van der Waals surface area contributed by atoms with Crippen LogP contribution in [0.5, 0.6) is 5.75 Å². The molecule has 0 fully saturated rings. The maximum absolute atomic E-state index is 11.2. The lowest BCUT2D eigenvalue weighted by atomic mass is 10.1. The molecule has 1 aromatic carbocycles. The normalized spacial score (nSPS) is 11.0. The molecule has 3 nitrogen and oxygen atoms in total. The standard InChI is InChI=1S/C23H36O3/c1-3-5-6-7-8-9-10-11-12-14-21-16-18-22(19-17-21)26-20-13-15-23(24)25-4-2/h12,14,16-19H,3-11,13,15,20H2,1-2H3. The van der Waals surface area contributed by atoms with E-state index in [4.69, 9.17) is 9.47 Å². The topological polar surface area (TPSA) is 35.5 Å². The first-order chi connectivity index (χ1) is 12.8. The van der Waals surface area contributed by atoms with E-state index in [9.17, 15) is 4.79 Å². The lowest BCUT2D eigenvalue weighted by Crippen LogP contribution is -2.06. The highest BCUT2D eigenvalue weighted by Gasteiger charge is 2.01. The highest BCUT2D eigenvalue weighted by molar-refractivity contribution is 5.69. The van der Waals surface area contributed by atoms with Gasteiger partial charge in [0.15, 0.2) is 0 Å². The number of hydrogen-bond acceptors (Lipinski definition) is 3. The molecular formula is C23H36O3. The van der Waals surface area contributed by atoms with Gasteiger partial charge in [-0.1, -0.05) is 69.7 Å². The van der Waals surface area contributed by atoms with Crippen LogP contribution < -0.4 is 4.74 Å². The minimum absolute atomic E-state index is 0.155. The number of hydrogen-bond donors (Lipinski definition) is 0. The Bertz CT molecular complexity index is 491. The second-order valence-electron chi connectivity index (χ2n) is 6.64. The molecule has 0 aliphatic rings. The van der Waals surface area contributed by atoms with E-state index in [0.29, 0.717) is 26.1 Å². The summed E-state index contributed by atoms with van der Waals surface area (Å²) in [6.45, 7) is 5.05. The smallest absolute Gasteiger partial charge is 0.305 e. The summed E-state index contributed by atoms with van der Waals surface area (Å²) in [5, 5.41) is 0. The van der Waals surface area contributed by atoms with Crippen LogP contribution in [0.3, 0.4) is 0 Å². The van der Waals surface area contributed by atoms with Gasteiger partial charge in [0.25, 0.3) is 0 Å². The van der Waals surface area contributed by atoms with Crippen molar-refractivity contribution >= 4 is 12.0 Å². The van der Waals surface area contributed by atoms with Gasteiger partial charge in [-0.05, 0) is 43.9 Å². The van der Waals surface area contributed by atoms with Gasteiger partial charge in [-0.25, -0.2) is 0 Å². The van der Waals surface area contributed by atoms with Crippen molar-refractivity contribution in [2.75, 3.05) is 13.2 Å². The van der Waals surface area contributed by atoms with Gasteiger partial charge in [-0.3, -0.25) is 4.79 Å². The van der Waals surface area contributed by atoms with Crippen LogP contribution in [0.15, 0.2) is 30.3 Å². The maximum Gasteiger partial charge on any atom is 0.305 e. The zero-order valence-electron chi connectivity index (χ0n) is 16.7. The molecule has 0 spiro atoms. The van der Waals surface area contributed by atoms with E-state index in [1.807, 2.05) is 19.1 Å². The fourth-order valence-electron chi connectivity index (χ4n) is 2.75. The number of carbonyl (C=O) groups excluding carboxylic acids is 1. The number of rotatable bonds is 15. The minimum atomic E-state index is -0.155. The molecule has 146 valence electrons. The monoisotopic (exact) mass is 360 g/mol. The molecule has 0 amide bonds. The Balaban J connectivity index is 2.11. The molecule has 1 aromatic rings. The molecule has 0 bridgehead atoms. The van der Waals surface area contributed by atoms with Crippen molar-refractivity contribution in [3.63, 3.8) is 0 Å². The van der Waals surface area contributed by atoms with E-state index in [2.05, 4.69) is 31.2 Å². The molecule has 0 unspecified atom stereocenters. The van der Waals surface area contributed by atoms with Crippen LogP contribution in [0.2, 0.25) is 0 Å². The Kier molecular flexibility index (Phi) is 13.3. The third kappa shape index (κ3) is 11.7. The second kappa shape index (κ2) is 15.5. The number of benzene rings is 1. The predicted octanol–water partition coefficient (Wildman–Crippen LogP) is 6.56. The fraction of sp³-hybridized carbons (Fsp3) is 0.609. The van der Waals surface area contributed by atoms with Gasteiger partial charge in [0.2, 0.25) is 0 Å². The zero-order valence-corrected chi connectivity index (χ0v) is 16.7. The largest absolute Gasteiger partial charge is 0.494 e. The summed E-state index contributed by atoms with van der Waals surface area (Å²) in [7, 11) is 0. The molecule has 0 N–H and O–H groups in total. The summed E-state index contributed by atoms with van der Waals surface area (Å²) >= 11 is 0. The Hall–Kier alpha value is -1.77. The fourth-order valence-corrected chi connectivity index (χ4v) is 2.75. The summed E-state index contributed by atoms with van der Waals surface area (Å²) < 4.78 is 10.5. The van der Waals surface area contributed by atoms with Crippen LogP contribution >= 0.6 is 0 Å². The first-order valence-corrected chi connectivity index (χ1v) is 10.3. The van der Waals surface area contributed by atoms with Crippen LogP contribution in [0.1, 0.15) is 83.6 Å². The van der Waals surface area contributed by atoms with E-state index < -0.39 is 0 Å². The van der Waals surface area contributed by atoms with Gasteiger partial charge in [-0.15, -0.1) is 0 Å². The Morgan fingerprint density at radius 1 is 0.923 bits per heavy atom. The molecule has 0 heterocycles. The van der Waals surface area contributed by atoms with Crippen LogP contribution in [0.25, 0.3) is 6.08 Å². The van der Waals surface area contributed by atoms with Gasteiger partial charge in [0, 0.05) is 6.42 Å². The van der Waals surface area contributed by atoms with Crippen LogP contribution in [-0.2, 0) is 9.53 Å². The lowest BCUT2D eigenvalue weighted by molar-refractivity contribution is -0.143. The highest BCUT2D eigenvalue weighted by atomic mass is 16.5. The van der Waals surface area contributed by atoms with Crippen LogP contribution in [-0.4, -0.2) is 19.2 Å². The molecule has 0 radical (unpaired) electrons. The summed E-state index contributed by atoms with van der Waals surface area (Å²) in [6, 6.07) is 8.11. The van der Waals surface area contributed by atoms with Gasteiger partial charge in [-0.2, -0.15) is 0 Å². The maximum atomic E-state index is 11.2. The Labute approximate surface area is 159 Å². The third-order valence-electron chi connectivity index (χ3n) is 4.26. The van der Waals surface area contributed by atoms with E-state index in [1.165, 1.54) is 50.5 Å². The number of esters is 1. The number of unbranched alkanes of at least 4 members (excludes halogenated alkanes) is 7. The first-order valence-electron chi connectivity index (χ1n) is 10.3. The molecule has 0 aromatic heterocycles. The van der Waals surface area contributed by atoms with Crippen molar-refractivity contribution in [2.45, 2.75) is 78.1 Å². The summed E-state index contributed by atoms with van der Waals surface area (Å²) in [5.74, 6) is 0.690. The minimum Gasteiger partial charge on any atom is -0.494 e. The Morgan fingerprint density at radius 2 is 1.62 bits per heavy atom. The van der Waals surface area contributed by atoms with Gasteiger partial charge in [0.1, 0.15) is 5.75 Å². The second-order valence-corrected chi connectivity index (χ2v) is 6.64.